The van der Waals surface area contributed by atoms with Crippen LogP contribution in [-0.2, 0) is 0 Å². The quantitative estimate of drug-likeness (QED) is 0.785. The zero-order chi connectivity index (χ0) is 14.3. The molecule has 1 aromatic heterocycles. The molecule has 1 amide bonds. The van der Waals surface area contributed by atoms with Crippen molar-refractivity contribution in [1.82, 2.24) is 15.2 Å². The monoisotopic (exact) mass is 264 g/mol. The number of carbonyl (C=O) groups is 1. The van der Waals surface area contributed by atoms with Crippen molar-refractivity contribution < 1.29 is 4.79 Å². The van der Waals surface area contributed by atoms with Gasteiger partial charge in [0.25, 0.3) is 5.91 Å². The number of hydrogen-bond acceptors (Lipinski definition) is 4. The Kier molecular flexibility index (Phi) is 6.29. The number of nitrogens with one attached hydrogen (secondary N) is 2. The van der Waals surface area contributed by atoms with E-state index in [9.17, 15) is 4.79 Å². The highest BCUT2D eigenvalue weighted by Gasteiger charge is 2.10. The molecule has 0 aliphatic carbocycles. The number of nitrogens with zero attached hydrogens (tertiary/aromatic N) is 2. The Bertz CT molecular complexity index is 389. The van der Waals surface area contributed by atoms with Gasteiger partial charge in [-0.25, -0.2) is 4.98 Å². The van der Waals surface area contributed by atoms with Gasteiger partial charge in [-0.05, 0) is 39.6 Å². The number of rotatable bonds is 7. The molecule has 106 valence electrons. The van der Waals surface area contributed by atoms with Gasteiger partial charge in [-0.3, -0.25) is 4.79 Å². The molecule has 1 heterocycles. The Balaban J connectivity index is 2.48. The average Bonchev–Trinajstić information content (AvgIpc) is 2.42. The van der Waals surface area contributed by atoms with E-state index < -0.39 is 0 Å². The summed E-state index contributed by atoms with van der Waals surface area (Å²) in [5.74, 6) is -0.129. The molecule has 1 atom stereocenters. The number of carbonyl (C=O) groups excluding carboxylic acids is 1. The second-order valence-electron chi connectivity index (χ2n) is 4.88. The minimum absolute atomic E-state index is 0.129. The lowest BCUT2D eigenvalue weighted by Crippen LogP contribution is -2.38. The summed E-state index contributed by atoms with van der Waals surface area (Å²) in [5, 5.41) is 6.10. The number of hydrogen-bond donors (Lipinski definition) is 2. The minimum atomic E-state index is -0.129. The van der Waals surface area contributed by atoms with Crippen molar-refractivity contribution in [1.29, 1.82) is 0 Å². The van der Waals surface area contributed by atoms with Gasteiger partial charge < -0.3 is 15.5 Å². The van der Waals surface area contributed by atoms with E-state index in [-0.39, 0.29) is 5.91 Å². The van der Waals surface area contributed by atoms with Crippen LogP contribution < -0.4 is 10.6 Å². The van der Waals surface area contributed by atoms with Gasteiger partial charge in [0.2, 0.25) is 0 Å². The van der Waals surface area contributed by atoms with Crippen LogP contribution in [0.3, 0.4) is 0 Å². The predicted molar refractivity (Wildman–Crippen MR) is 78.5 cm³/mol. The molecule has 2 N–H and O–H groups in total. The standard InChI is InChI=1S/C14H24N4O/c1-5-8-15-12-6-7-13(16-10-12)14(19)17-9-11(2)18(3)4/h6-7,10-11,15H,5,8-9H2,1-4H3,(H,17,19). The lowest BCUT2D eigenvalue weighted by Gasteiger charge is -2.19. The molecular weight excluding hydrogens is 240 g/mol. The third-order valence-electron chi connectivity index (χ3n) is 3.01. The molecule has 0 aliphatic heterocycles. The van der Waals surface area contributed by atoms with Crippen LogP contribution in [-0.4, -0.2) is 49.0 Å². The Morgan fingerprint density at radius 3 is 2.68 bits per heavy atom. The van der Waals surface area contributed by atoms with Crippen molar-refractivity contribution in [3.8, 4) is 0 Å². The van der Waals surface area contributed by atoms with Gasteiger partial charge in [-0.1, -0.05) is 6.92 Å². The fourth-order valence-electron chi connectivity index (χ4n) is 1.42. The summed E-state index contributed by atoms with van der Waals surface area (Å²) < 4.78 is 0. The number of likely N-dealkylation sites (N-methyl/N-ethyl adjacent to an activating group) is 1. The van der Waals surface area contributed by atoms with E-state index in [2.05, 4.69) is 34.4 Å². The van der Waals surface area contributed by atoms with Gasteiger partial charge in [-0.2, -0.15) is 0 Å². The number of anilines is 1. The van der Waals surface area contributed by atoms with Crippen molar-refractivity contribution in [2.24, 2.45) is 0 Å². The van der Waals surface area contributed by atoms with Crippen molar-refractivity contribution >= 4 is 11.6 Å². The van der Waals surface area contributed by atoms with Crippen LogP contribution in [0.4, 0.5) is 5.69 Å². The first-order valence-electron chi connectivity index (χ1n) is 6.69. The number of pyridine rings is 1. The summed E-state index contributed by atoms with van der Waals surface area (Å²) in [6.07, 6.45) is 2.75. The fraction of sp³-hybridized carbons (Fsp3) is 0.571. The van der Waals surface area contributed by atoms with Gasteiger partial charge in [-0.15, -0.1) is 0 Å². The maximum absolute atomic E-state index is 11.9. The maximum atomic E-state index is 11.9. The van der Waals surface area contributed by atoms with Crippen LogP contribution in [0, 0.1) is 0 Å². The Morgan fingerprint density at radius 2 is 2.16 bits per heavy atom. The molecule has 5 heteroatoms. The molecule has 0 bridgehead atoms. The maximum Gasteiger partial charge on any atom is 0.269 e. The predicted octanol–water partition coefficient (Wildman–Crippen LogP) is 1.58. The van der Waals surface area contributed by atoms with Crippen molar-refractivity contribution in [2.45, 2.75) is 26.3 Å². The topological polar surface area (TPSA) is 57.3 Å². The Labute approximate surface area is 115 Å². The van der Waals surface area contributed by atoms with E-state index in [1.165, 1.54) is 0 Å². The van der Waals surface area contributed by atoms with Gasteiger partial charge in [0.1, 0.15) is 5.69 Å². The molecule has 0 spiro atoms. The molecule has 1 unspecified atom stereocenters. The van der Waals surface area contributed by atoms with Crippen LogP contribution in [0.5, 0.6) is 0 Å². The lowest BCUT2D eigenvalue weighted by molar-refractivity contribution is 0.0938. The zero-order valence-corrected chi connectivity index (χ0v) is 12.2. The van der Waals surface area contributed by atoms with Crippen molar-refractivity contribution in [2.75, 3.05) is 32.5 Å². The molecule has 1 rings (SSSR count). The SMILES string of the molecule is CCCNc1ccc(C(=O)NCC(C)N(C)C)nc1. The van der Waals surface area contributed by atoms with E-state index in [0.29, 0.717) is 18.3 Å². The van der Waals surface area contributed by atoms with E-state index in [1.54, 1.807) is 12.3 Å². The first kappa shape index (κ1) is 15.4. The molecule has 5 nitrogen and oxygen atoms in total. The Morgan fingerprint density at radius 1 is 1.42 bits per heavy atom. The van der Waals surface area contributed by atoms with Crippen LogP contribution >= 0.6 is 0 Å². The highest BCUT2D eigenvalue weighted by atomic mass is 16.1. The summed E-state index contributed by atoms with van der Waals surface area (Å²) in [5.41, 5.74) is 1.40. The zero-order valence-electron chi connectivity index (χ0n) is 12.2. The number of amides is 1. The summed E-state index contributed by atoms with van der Waals surface area (Å²) in [6, 6.07) is 3.93. The molecule has 0 saturated carbocycles. The van der Waals surface area contributed by atoms with E-state index in [0.717, 1.165) is 18.7 Å². The molecule has 0 radical (unpaired) electrons. The van der Waals surface area contributed by atoms with Crippen LogP contribution in [0.15, 0.2) is 18.3 Å². The highest BCUT2D eigenvalue weighted by Crippen LogP contribution is 2.06. The third kappa shape index (κ3) is 5.26. The largest absolute Gasteiger partial charge is 0.384 e. The van der Waals surface area contributed by atoms with E-state index >= 15 is 0 Å². The van der Waals surface area contributed by atoms with Crippen LogP contribution in [0.2, 0.25) is 0 Å². The molecule has 0 aliphatic rings. The molecule has 0 saturated heterocycles. The van der Waals surface area contributed by atoms with Crippen LogP contribution in [0.1, 0.15) is 30.8 Å². The second kappa shape index (κ2) is 7.74. The molecule has 0 fully saturated rings. The summed E-state index contributed by atoms with van der Waals surface area (Å²) >= 11 is 0. The first-order chi connectivity index (χ1) is 9.04. The normalized spacial score (nSPS) is 12.3. The molecule has 19 heavy (non-hydrogen) atoms. The second-order valence-corrected chi connectivity index (χ2v) is 4.88. The first-order valence-corrected chi connectivity index (χ1v) is 6.69. The van der Waals surface area contributed by atoms with Gasteiger partial charge in [0, 0.05) is 19.1 Å². The lowest BCUT2D eigenvalue weighted by atomic mass is 10.3. The summed E-state index contributed by atoms with van der Waals surface area (Å²) in [6.45, 7) is 5.69. The molecule has 0 aromatic carbocycles. The average molecular weight is 264 g/mol. The van der Waals surface area contributed by atoms with Gasteiger partial charge in [0.15, 0.2) is 0 Å². The number of aromatic nitrogens is 1. The van der Waals surface area contributed by atoms with Crippen molar-refractivity contribution in [3.63, 3.8) is 0 Å². The smallest absolute Gasteiger partial charge is 0.269 e. The Hall–Kier alpha value is -1.62. The highest BCUT2D eigenvalue weighted by molar-refractivity contribution is 5.92. The third-order valence-corrected chi connectivity index (χ3v) is 3.01. The van der Waals surface area contributed by atoms with Gasteiger partial charge >= 0.3 is 0 Å². The molecule has 1 aromatic rings. The van der Waals surface area contributed by atoms with E-state index in [1.807, 2.05) is 20.2 Å². The molecular formula is C14H24N4O. The summed E-state index contributed by atoms with van der Waals surface area (Å²) in [7, 11) is 3.98. The minimum Gasteiger partial charge on any atom is -0.384 e. The van der Waals surface area contributed by atoms with Crippen molar-refractivity contribution in [3.05, 3.63) is 24.0 Å². The van der Waals surface area contributed by atoms with Crippen LogP contribution in [0.25, 0.3) is 0 Å². The summed E-state index contributed by atoms with van der Waals surface area (Å²) in [4.78, 5) is 18.1. The van der Waals surface area contributed by atoms with Gasteiger partial charge in [0.05, 0.1) is 11.9 Å². The fourth-order valence-corrected chi connectivity index (χ4v) is 1.42. The van der Waals surface area contributed by atoms with E-state index in [4.69, 9.17) is 0 Å².